The number of carboxylic acid groups (broad SMARTS) is 1. The largest absolute Gasteiger partial charge is 0.480 e. The highest BCUT2D eigenvalue weighted by molar-refractivity contribution is 5.93. The second kappa shape index (κ2) is 8.17. The minimum absolute atomic E-state index is 0.374. The lowest BCUT2D eigenvalue weighted by Gasteiger charge is -2.28. The van der Waals surface area contributed by atoms with E-state index in [1.807, 2.05) is 0 Å². The molecule has 0 aromatic rings. The number of hydrogen-bond donors (Lipinski definition) is 3. The quantitative estimate of drug-likeness (QED) is 0.657. The van der Waals surface area contributed by atoms with Gasteiger partial charge < -0.3 is 25.4 Å². The van der Waals surface area contributed by atoms with Crippen molar-refractivity contribution < 1.29 is 29.0 Å². The average molecular weight is 357 g/mol. The van der Waals surface area contributed by atoms with Gasteiger partial charge in [0.15, 0.2) is 0 Å². The van der Waals surface area contributed by atoms with Crippen molar-refractivity contribution in [3.8, 4) is 0 Å². The predicted molar refractivity (Wildman–Crippen MR) is 88.8 cm³/mol. The Morgan fingerprint density at radius 1 is 1.12 bits per heavy atom. The summed E-state index contributed by atoms with van der Waals surface area (Å²) < 4.78 is 5.11. The van der Waals surface area contributed by atoms with Crippen LogP contribution in [0.3, 0.4) is 0 Å². The van der Waals surface area contributed by atoms with Crippen LogP contribution in [0.1, 0.15) is 47.5 Å². The molecule has 1 saturated heterocycles. The molecule has 0 aromatic carbocycles. The van der Waals surface area contributed by atoms with Crippen LogP contribution in [0.2, 0.25) is 0 Å². The van der Waals surface area contributed by atoms with E-state index >= 15 is 0 Å². The van der Waals surface area contributed by atoms with Crippen LogP contribution < -0.4 is 10.6 Å². The van der Waals surface area contributed by atoms with E-state index in [1.165, 1.54) is 18.7 Å². The van der Waals surface area contributed by atoms with E-state index < -0.39 is 47.6 Å². The third-order valence-corrected chi connectivity index (χ3v) is 3.67. The van der Waals surface area contributed by atoms with Crippen LogP contribution >= 0.6 is 0 Å². The summed E-state index contributed by atoms with van der Waals surface area (Å²) >= 11 is 0. The number of carboxylic acids is 1. The van der Waals surface area contributed by atoms with Crippen molar-refractivity contribution in [1.29, 1.82) is 0 Å². The smallest absolute Gasteiger partial charge is 0.408 e. The lowest BCUT2D eigenvalue weighted by atomic mass is 10.1. The number of carbonyl (C=O) groups is 4. The van der Waals surface area contributed by atoms with Gasteiger partial charge in [0.1, 0.15) is 23.7 Å². The maximum atomic E-state index is 12.5. The molecular weight excluding hydrogens is 330 g/mol. The minimum atomic E-state index is -1.15. The summed E-state index contributed by atoms with van der Waals surface area (Å²) in [5, 5.41) is 13.7. The van der Waals surface area contributed by atoms with Crippen molar-refractivity contribution in [2.75, 3.05) is 6.54 Å². The van der Waals surface area contributed by atoms with Gasteiger partial charge in [0.2, 0.25) is 11.8 Å². The first-order valence-corrected chi connectivity index (χ1v) is 8.25. The summed E-state index contributed by atoms with van der Waals surface area (Å²) in [6.45, 7) is 8.38. The van der Waals surface area contributed by atoms with E-state index in [4.69, 9.17) is 9.84 Å². The highest BCUT2D eigenvalue weighted by atomic mass is 16.6. The van der Waals surface area contributed by atoms with E-state index in [0.717, 1.165) is 0 Å². The summed E-state index contributed by atoms with van der Waals surface area (Å²) in [5.41, 5.74) is -0.685. The number of rotatable bonds is 5. The van der Waals surface area contributed by atoms with Crippen molar-refractivity contribution in [3.63, 3.8) is 0 Å². The lowest BCUT2D eigenvalue weighted by molar-refractivity contribution is -0.143. The van der Waals surface area contributed by atoms with E-state index in [2.05, 4.69) is 10.6 Å². The Hall–Kier alpha value is -2.32. The molecule has 1 unspecified atom stereocenters. The lowest BCUT2D eigenvalue weighted by Crippen LogP contribution is -2.54. The number of amides is 3. The van der Waals surface area contributed by atoms with Gasteiger partial charge in [-0.15, -0.1) is 0 Å². The Kier molecular flexibility index (Phi) is 6.78. The molecule has 0 bridgehead atoms. The van der Waals surface area contributed by atoms with Gasteiger partial charge >= 0.3 is 12.1 Å². The maximum Gasteiger partial charge on any atom is 0.408 e. The number of aliphatic carboxylic acids is 1. The molecule has 1 aliphatic rings. The van der Waals surface area contributed by atoms with Gasteiger partial charge in [-0.05, 0) is 47.5 Å². The summed E-state index contributed by atoms with van der Waals surface area (Å²) in [7, 11) is 0. The molecule has 9 heteroatoms. The van der Waals surface area contributed by atoms with Crippen LogP contribution in [0.15, 0.2) is 0 Å². The molecule has 1 heterocycles. The number of nitrogens with one attached hydrogen (secondary N) is 2. The van der Waals surface area contributed by atoms with E-state index in [1.54, 1.807) is 20.8 Å². The van der Waals surface area contributed by atoms with Crippen molar-refractivity contribution in [2.24, 2.45) is 0 Å². The molecule has 1 fully saturated rings. The second-order valence-electron chi connectivity index (χ2n) is 7.13. The maximum absolute atomic E-state index is 12.5. The first-order chi connectivity index (χ1) is 11.4. The zero-order chi connectivity index (χ0) is 19.4. The van der Waals surface area contributed by atoms with Crippen LogP contribution in [0.4, 0.5) is 4.79 Å². The summed E-state index contributed by atoms with van der Waals surface area (Å²) in [6.07, 6.45) is 0.362. The standard InChI is InChI=1S/C16H27N3O6/c1-9(18-15(24)25-16(3,4)5)13(21)19-8-6-7-11(19)12(20)17-10(2)14(22)23/h9-11H,6-8H2,1-5H3,(H,17,20)(H,18,24)(H,22,23)/t9-,10+,11?/m1/s1. The number of ether oxygens (including phenoxy) is 1. The summed E-state index contributed by atoms with van der Waals surface area (Å²) in [6, 6.07) is -2.64. The SMILES string of the molecule is C[C@H](NC(=O)C1CCCN1C(=O)[C@@H](C)NC(=O)OC(C)(C)C)C(=O)O. The third kappa shape index (κ3) is 6.24. The van der Waals surface area contributed by atoms with Crippen molar-refractivity contribution in [2.45, 2.75) is 71.2 Å². The van der Waals surface area contributed by atoms with E-state index in [9.17, 15) is 19.2 Å². The van der Waals surface area contributed by atoms with Gasteiger partial charge in [0, 0.05) is 6.54 Å². The Balaban J connectivity index is 2.67. The monoisotopic (exact) mass is 357 g/mol. The van der Waals surface area contributed by atoms with Crippen molar-refractivity contribution in [3.05, 3.63) is 0 Å². The van der Waals surface area contributed by atoms with Crippen molar-refractivity contribution >= 4 is 23.9 Å². The number of carbonyl (C=O) groups excluding carboxylic acids is 3. The zero-order valence-electron chi connectivity index (χ0n) is 15.3. The fourth-order valence-corrected chi connectivity index (χ4v) is 2.47. The average Bonchev–Trinajstić information content (AvgIpc) is 2.93. The molecule has 0 radical (unpaired) electrons. The normalized spacial score (nSPS) is 19.7. The molecule has 0 spiro atoms. The molecule has 142 valence electrons. The molecule has 0 aliphatic carbocycles. The number of nitrogens with zero attached hydrogens (tertiary/aromatic N) is 1. The fraction of sp³-hybridized carbons (Fsp3) is 0.750. The minimum Gasteiger partial charge on any atom is -0.480 e. The highest BCUT2D eigenvalue weighted by Crippen LogP contribution is 2.19. The Morgan fingerprint density at radius 2 is 1.72 bits per heavy atom. The van der Waals surface area contributed by atoms with Crippen molar-refractivity contribution in [1.82, 2.24) is 15.5 Å². The molecule has 3 atom stereocenters. The van der Waals surface area contributed by atoms with Gasteiger partial charge in [-0.1, -0.05) is 0 Å². The van der Waals surface area contributed by atoms with Gasteiger partial charge in [-0.25, -0.2) is 4.79 Å². The van der Waals surface area contributed by atoms with E-state index in [-0.39, 0.29) is 0 Å². The summed E-state index contributed by atoms with van der Waals surface area (Å²) in [4.78, 5) is 48.8. The molecule has 0 aromatic heterocycles. The Labute approximate surface area is 147 Å². The first-order valence-electron chi connectivity index (χ1n) is 8.25. The van der Waals surface area contributed by atoms with Gasteiger partial charge in [0.25, 0.3) is 0 Å². The zero-order valence-corrected chi connectivity index (χ0v) is 15.3. The molecule has 0 saturated carbocycles. The number of hydrogen-bond acceptors (Lipinski definition) is 5. The third-order valence-electron chi connectivity index (χ3n) is 3.67. The van der Waals surface area contributed by atoms with Crippen LogP contribution in [0.25, 0.3) is 0 Å². The predicted octanol–water partition coefficient (Wildman–Crippen LogP) is 0.480. The van der Waals surface area contributed by atoms with Crippen LogP contribution in [-0.4, -0.2) is 64.2 Å². The molecule has 1 aliphatic heterocycles. The molecule has 3 amide bonds. The fourth-order valence-electron chi connectivity index (χ4n) is 2.47. The first kappa shape index (κ1) is 20.7. The van der Waals surface area contributed by atoms with Gasteiger partial charge in [-0.3, -0.25) is 14.4 Å². The molecule has 3 N–H and O–H groups in total. The van der Waals surface area contributed by atoms with E-state index in [0.29, 0.717) is 19.4 Å². The van der Waals surface area contributed by atoms with Gasteiger partial charge in [-0.2, -0.15) is 0 Å². The van der Waals surface area contributed by atoms with Crippen LogP contribution in [-0.2, 0) is 19.1 Å². The second-order valence-corrected chi connectivity index (χ2v) is 7.13. The molecular formula is C16H27N3O6. The van der Waals surface area contributed by atoms with Crippen LogP contribution in [0.5, 0.6) is 0 Å². The van der Waals surface area contributed by atoms with Crippen LogP contribution in [0, 0.1) is 0 Å². The summed E-state index contributed by atoms with van der Waals surface area (Å²) in [5.74, 6) is -2.07. The number of likely N-dealkylation sites (tertiary alicyclic amines) is 1. The topological polar surface area (TPSA) is 125 Å². The Morgan fingerprint density at radius 3 is 2.24 bits per heavy atom. The Bertz CT molecular complexity index is 542. The molecule has 9 nitrogen and oxygen atoms in total. The molecule has 1 rings (SSSR count). The highest BCUT2D eigenvalue weighted by Gasteiger charge is 2.37. The number of alkyl carbamates (subject to hydrolysis) is 1. The molecule has 25 heavy (non-hydrogen) atoms. The van der Waals surface area contributed by atoms with Gasteiger partial charge in [0.05, 0.1) is 0 Å².